The second kappa shape index (κ2) is 11.0. The van der Waals surface area contributed by atoms with Gasteiger partial charge in [-0.05, 0) is 53.0 Å². The summed E-state index contributed by atoms with van der Waals surface area (Å²) in [5, 5.41) is 19.3. The van der Waals surface area contributed by atoms with Crippen LogP contribution in [0.4, 0.5) is 0 Å². The number of carbonyl (C=O) groups is 1. The molecule has 0 fully saturated rings. The predicted molar refractivity (Wildman–Crippen MR) is 121 cm³/mol. The lowest BCUT2D eigenvalue weighted by Gasteiger charge is -2.39. The fourth-order valence-electron chi connectivity index (χ4n) is 3.24. The number of aliphatic hydroxyl groups excluding tert-OH is 2. The highest BCUT2D eigenvalue weighted by molar-refractivity contribution is 6.87. The van der Waals surface area contributed by atoms with Gasteiger partial charge in [-0.2, -0.15) is 0 Å². The van der Waals surface area contributed by atoms with Crippen molar-refractivity contribution < 1.29 is 19.7 Å². The van der Waals surface area contributed by atoms with Crippen molar-refractivity contribution >= 4 is 14.0 Å². The van der Waals surface area contributed by atoms with E-state index in [0.717, 1.165) is 24.8 Å². The summed E-state index contributed by atoms with van der Waals surface area (Å²) in [6.07, 6.45) is 3.41. The fraction of sp³-hybridized carbons (Fsp3) is 0.625. The second-order valence-corrected chi connectivity index (χ2v) is 13.9. The number of aryl methyl sites for hydroxylation is 1. The number of carbonyl (C=O) groups excluding carboxylic acids is 1. The highest BCUT2D eigenvalue weighted by Crippen LogP contribution is 2.43. The lowest BCUT2D eigenvalue weighted by molar-refractivity contribution is 0.0599. The Morgan fingerprint density at radius 3 is 2.21 bits per heavy atom. The predicted octanol–water partition coefficient (Wildman–Crippen LogP) is 4.86. The molecule has 162 valence electrons. The van der Waals surface area contributed by atoms with Crippen molar-refractivity contribution in [3.8, 4) is 11.5 Å². The van der Waals surface area contributed by atoms with E-state index >= 15 is 0 Å². The first-order valence-corrected chi connectivity index (χ1v) is 13.5. The van der Waals surface area contributed by atoms with Gasteiger partial charge in [0.25, 0.3) is 0 Å². The molecule has 0 unspecified atom stereocenters. The van der Waals surface area contributed by atoms with Crippen LogP contribution in [0.2, 0.25) is 18.1 Å². The summed E-state index contributed by atoms with van der Waals surface area (Å²) in [7, 11) is -0.292. The van der Waals surface area contributed by atoms with E-state index in [4.69, 9.17) is 4.74 Å². The Bertz CT molecular complexity index is 754. The third-order valence-electron chi connectivity index (χ3n) is 6.62. The molecule has 0 amide bonds. The van der Waals surface area contributed by atoms with E-state index < -0.39 is 14.0 Å². The van der Waals surface area contributed by atoms with E-state index in [1.807, 2.05) is 6.07 Å². The molecule has 0 saturated heterocycles. The molecule has 1 aromatic carbocycles. The molecule has 0 aliphatic heterocycles. The molecule has 29 heavy (non-hydrogen) atoms. The zero-order chi connectivity index (χ0) is 22.2. The Morgan fingerprint density at radius 1 is 1.10 bits per heavy atom. The average Bonchev–Trinajstić information content (AvgIpc) is 2.68. The molecule has 5 heteroatoms. The summed E-state index contributed by atoms with van der Waals surface area (Å²) >= 11 is 0. The minimum Gasteiger partial charge on any atom is -0.465 e. The van der Waals surface area contributed by atoms with Gasteiger partial charge < -0.3 is 14.9 Å². The first-order valence-electron chi connectivity index (χ1n) is 10.5. The van der Waals surface area contributed by atoms with Crippen molar-refractivity contribution in [2.45, 2.75) is 84.7 Å². The molecular formula is C24H38O4Si. The van der Waals surface area contributed by atoms with Gasteiger partial charge in [-0.15, -0.1) is 11.5 Å². The molecule has 2 N–H and O–H groups in total. The Labute approximate surface area is 177 Å². The Balaban J connectivity index is 2.80. The Morgan fingerprint density at radius 2 is 1.69 bits per heavy atom. The van der Waals surface area contributed by atoms with Gasteiger partial charge in [0.05, 0.1) is 25.9 Å². The van der Waals surface area contributed by atoms with E-state index in [0.29, 0.717) is 29.0 Å². The molecule has 0 bridgehead atoms. The number of esters is 1. The summed E-state index contributed by atoms with van der Waals surface area (Å²) in [4.78, 5) is 12.1. The SMILES string of the molecule is COC(=O)c1cc(CO)c(CO)cc1CCCCC#C[Si](C)(C)C(C)(C)C(C)C. The Kier molecular flexibility index (Phi) is 9.61. The van der Waals surface area contributed by atoms with Crippen LogP contribution in [0.5, 0.6) is 0 Å². The zero-order valence-corrected chi connectivity index (χ0v) is 20.2. The summed E-state index contributed by atoms with van der Waals surface area (Å²) in [5.41, 5.74) is 6.13. The van der Waals surface area contributed by atoms with Gasteiger partial charge in [-0.25, -0.2) is 4.79 Å². The van der Waals surface area contributed by atoms with E-state index in [1.165, 1.54) is 7.11 Å². The molecular weight excluding hydrogens is 380 g/mol. The summed E-state index contributed by atoms with van der Waals surface area (Å²) in [5.74, 6) is 3.60. The van der Waals surface area contributed by atoms with E-state index in [9.17, 15) is 15.0 Å². The van der Waals surface area contributed by atoms with Crippen LogP contribution in [0.15, 0.2) is 12.1 Å². The highest BCUT2D eigenvalue weighted by atomic mass is 28.3. The molecule has 0 aliphatic rings. The van der Waals surface area contributed by atoms with Crippen LogP contribution in [0, 0.1) is 17.4 Å². The lowest BCUT2D eigenvalue weighted by Crippen LogP contribution is -2.41. The first-order chi connectivity index (χ1) is 13.5. The molecule has 0 spiro atoms. The molecule has 0 heterocycles. The smallest absolute Gasteiger partial charge is 0.338 e. The quantitative estimate of drug-likeness (QED) is 0.260. The third kappa shape index (κ3) is 6.43. The van der Waals surface area contributed by atoms with Crippen LogP contribution in [0.1, 0.15) is 74.0 Å². The van der Waals surface area contributed by atoms with Crippen LogP contribution in [-0.2, 0) is 24.4 Å². The Hall–Kier alpha value is -1.61. The maximum atomic E-state index is 12.1. The van der Waals surface area contributed by atoms with Gasteiger partial charge in [-0.3, -0.25) is 0 Å². The molecule has 0 aliphatic carbocycles. The molecule has 0 atom stereocenters. The molecule has 1 aromatic rings. The van der Waals surface area contributed by atoms with Crippen molar-refractivity contribution in [2.24, 2.45) is 5.92 Å². The van der Waals surface area contributed by atoms with Gasteiger partial charge in [-0.1, -0.05) is 46.9 Å². The van der Waals surface area contributed by atoms with Crippen molar-refractivity contribution in [2.75, 3.05) is 7.11 Å². The largest absolute Gasteiger partial charge is 0.465 e. The monoisotopic (exact) mass is 418 g/mol. The van der Waals surface area contributed by atoms with Gasteiger partial charge in [0.1, 0.15) is 8.07 Å². The fourth-order valence-corrected chi connectivity index (χ4v) is 5.57. The van der Waals surface area contributed by atoms with Crippen LogP contribution >= 0.6 is 0 Å². The van der Waals surface area contributed by atoms with Crippen LogP contribution in [0.25, 0.3) is 0 Å². The molecule has 0 aromatic heterocycles. The second-order valence-electron chi connectivity index (χ2n) is 9.10. The van der Waals surface area contributed by atoms with Crippen molar-refractivity contribution in [3.63, 3.8) is 0 Å². The molecule has 0 saturated carbocycles. The van der Waals surface area contributed by atoms with Crippen molar-refractivity contribution in [3.05, 3.63) is 34.4 Å². The maximum Gasteiger partial charge on any atom is 0.338 e. The van der Waals surface area contributed by atoms with E-state index in [2.05, 4.69) is 52.3 Å². The number of ether oxygens (including phenoxy) is 1. The highest BCUT2D eigenvalue weighted by Gasteiger charge is 2.40. The molecule has 1 rings (SSSR count). The van der Waals surface area contributed by atoms with E-state index in [-0.39, 0.29) is 18.3 Å². The topological polar surface area (TPSA) is 66.8 Å². The summed E-state index contributed by atoms with van der Waals surface area (Å²) in [6, 6.07) is 3.44. The first kappa shape index (κ1) is 25.4. The number of methoxy groups -OCH3 is 1. The average molecular weight is 419 g/mol. The van der Waals surface area contributed by atoms with Gasteiger partial charge in [0.2, 0.25) is 0 Å². The normalized spacial score (nSPS) is 11.9. The van der Waals surface area contributed by atoms with Crippen molar-refractivity contribution in [1.29, 1.82) is 0 Å². The minimum atomic E-state index is -1.64. The van der Waals surface area contributed by atoms with Gasteiger partial charge >= 0.3 is 5.97 Å². The number of aliphatic hydroxyl groups is 2. The number of unbranched alkanes of at least 4 members (excludes halogenated alkanes) is 2. The molecule has 4 nitrogen and oxygen atoms in total. The van der Waals surface area contributed by atoms with Crippen LogP contribution in [-0.4, -0.2) is 31.4 Å². The number of hydrogen-bond acceptors (Lipinski definition) is 4. The van der Waals surface area contributed by atoms with Crippen molar-refractivity contribution in [1.82, 2.24) is 0 Å². The maximum absolute atomic E-state index is 12.1. The van der Waals surface area contributed by atoms with Crippen LogP contribution in [0.3, 0.4) is 0 Å². The zero-order valence-electron chi connectivity index (χ0n) is 19.2. The summed E-state index contributed by atoms with van der Waals surface area (Å²) in [6.45, 7) is 13.5. The van der Waals surface area contributed by atoms with Gasteiger partial charge in [0.15, 0.2) is 0 Å². The minimum absolute atomic E-state index is 0.166. The van der Waals surface area contributed by atoms with Gasteiger partial charge in [0, 0.05) is 6.42 Å². The number of rotatable bonds is 9. The molecule has 0 radical (unpaired) electrons. The summed E-state index contributed by atoms with van der Waals surface area (Å²) < 4.78 is 4.88. The number of hydrogen-bond donors (Lipinski definition) is 2. The number of benzene rings is 1. The lowest BCUT2D eigenvalue weighted by atomic mass is 9.95. The van der Waals surface area contributed by atoms with Crippen LogP contribution < -0.4 is 0 Å². The third-order valence-corrected chi connectivity index (χ3v) is 11.2. The standard InChI is InChI=1S/C24H38O4Si/c1-18(2)24(3,4)29(6,7)13-11-9-8-10-12-19-14-20(16-25)21(17-26)15-22(19)23(27)28-5/h14-15,18,25-26H,8-10,12,16-17H2,1-7H3. The van der Waals surface area contributed by atoms with E-state index in [1.54, 1.807) is 6.07 Å².